The van der Waals surface area contributed by atoms with Gasteiger partial charge in [-0.1, -0.05) is 29.8 Å². The monoisotopic (exact) mass is 494 g/mol. The Morgan fingerprint density at radius 1 is 1.13 bits per heavy atom. The highest BCUT2D eigenvalue weighted by Gasteiger charge is 2.26. The molecule has 2 atom stereocenters. The molecule has 2 aromatic rings. The van der Waals surface area contributed by atoms with Crippen molar-refractivity contribution < 1.29 is 17.9 Å². The van der Waals surface area contributed by atoms with Gasteiger partial charge in [0.05, 0.1) is 6.61 Å². The fraction of sp³-hybridized carbons (Fsp3) is 0.409. The number of benzene rings is 2. The Labute approximate surface area is 186 Å². The van der Waals surface area contributed by atoms with Gasteiger partial charge < -0.3 is 9.64 Å². The number of carbonyl (C=O) groups excluding carboxylic acids is 1. The molecule has 0 aromatic heterocycles. The van der Waals surface area contributed by atoms with E-state index in [1.165, 1.54) is 6.07 Å². The van der Waals surface area contributed by atoms with E-state index >= 15 is 0 Å². The van der Waals surface area contributed by atoms with Crippen LogP contribution in [0, 0.1) is 11.8 Å². The first kappa shape index (κ1) is 22.6. The molecule has 0 aliphatic carbocycles. The topological polar surface area (TPSA) is 75.7 Å². The van der Waals surface area contributed by atoms with Gasteiger partial charge in [0.25, 0.3) is 15.9 Å². The standard InChI is InChI=1S/C22H27BrN2O4S/c1-4-29-20-10-7-18(23)12-21(20)30(27,28)24-19-8-5-17(6-9-19)22(26)25-13-15(2)11-16(3)14-25/h5-10,12,15-16,24H,4,11,13-14H2,1-3H3. The molecule has 1 saturated heterocycles. The van der Waals surface area contributed by atoms with Crippen molar-refractivity contribution in [2.45, 2.75) is 32.1 Å². The van der Waals surface area contributed by atoms with Crippen LogP contribution in [0.2, 0.25) is 0 Å². The third-order valence-electron chi connectivity index (χ3n) is 5.04. The average Bonchev–Trinajstić information content (AvgIpc) is 2.68. The zero-order valence-corrected chi connectivity index (χ0v) is 19.8. The van der Waals surface area contributed by atoms with Gasteiger partial charge in [0.1, 0.15) is 10.6 Å². The van der Waals surface area contributed by atoms with Gasteiger partial charge in [-0.3, -0.25) is 9.52 Å². The first-order valence-electron chi connectivity index (χ1n) is 10.0. The predicted octanol–water partition coefficient (Wildman–Crippen LogP) is 4.77. The molecule has 3 rings (SSSR count). The van der Waals surface area contributed by atoms with E-state index in [0.717, 1.165) is 19.5 Å². The van der Waals surface area contributed by atoms with Crippen molar-refractivity contribution in [3.05, 3.63) is 52.5 Å². The second-order valence-corrected chi connectivity index (χ2v) is 10.4. The lowest BCUT2D eigenvalue weighted by Crippen LogP contribution is -2.42. The molecular weight excluding hydrogens is 468 g/mol. The van der Waals surface area contributed by atoms with E-state index in [4.69, 9.17) is 4.74 Å². The molecule has 0 radical (unpaired) electrons. The lowest BCUT2D eigenvalue weighted by Gasteiger charge is -2.35. The van der Waals surface area contributed by atoms with E-state index in [-0.39, 0.29) is 16.6 Å². The van der Waals surface area contributed by atoms with Crippen molar-refractivity contribution in [2.24, 2.45) is 11.8 Å². The van der Waals surface area contributed by atoms with Crippen LogP contribution < -0.4 is 9.46 Å². The van der Waals surface area contributed by atoms with Crippen molar-refractivity contribution in [3.8, 4) is 5.75 Å². The van der Waals surface area contributed by atoms with Gasteiger partial charge in [0, 0.05) is 28.8 Å². The Hall–Kier alpha value is -2.06. The lowest BCUT2D eigenvalue weighted by atomic mass is 9.91. The van der Waals surface area contributed by atoms with Gasteiger partial charge in [0.15, 0.2) is 0 Å². The van der Waals surface area contributed by atoms with Crippen molar-refractivity contribution >= 4 is 37.5 Å². The number of anilines is 1. The van der Waals surface area contributed by atoms with Crippen LogP contribution in [0.3, 0.4) is 0 Å². The Bertz CT molecular complexity index is 998. The number of rotatable bonds is 6. The molecule has 1 aliphatic heterocycles. The van der Waals surface area contributed by atoms with E-state index < -0.39 is 10.0 Å². The number of ether oxygens (including phenoxy) is 1. The van der Waals surface area contributed by atoms with Gasteiger partial charge in [0.2, 0.25) is 0 Å². The Morgan fingerprint density at radius 3 is 2.37 bits per heavy atom. The molecule has 2 aromatic carbocycles. The summed E-state index contributed by atoms with van der Waals surface area (Å²) in [5, 5.41) is 0. The van der Waals surface area contributed by atoms with E-state index in [0.29, 0.717) is 34.2 Å². The average molecular weight is 495 g/mol. The van der Waals surface area contributed by atoms with Crippen molar-refractivity contribution in [3.63, 3.8) is 0 Å². The van der Waals surface area contributed by atoms with Gasteiger partial charge in [-0.15, -0.1) is 0 Å². The van der Waals surface area contributed by atoms with Gasteiger partial charge in [-0.2, -0.15) is 0 Å². The molecule has 0 spiro atoms. The molecule has 30 heavy (non-hydrogen) atoms. The number of hydrogen-bond donors (Lipinski definition) is 1. The van der Waals surface area contributed by atoms with E-state index in [1.807, 2.05) is 4.90 Å². The molecule has 1 heterocycles. The lowest BCUT2D eigenvalue weighted by molar-refractivity contribution is 0.0623. The zero-order valence-electron chi connectivity index (χ0n) is 17.4. The first-order chi connectivity index (χ1) is 14.2. The van der Waals surface area contributed by atoms with Crippen LogP contribution in [-0.2, 0) is 10.0 Å². The second kappa shape index (κ2) is 9.39. The predicted molar refractivity (Wildman–Crippen MR) is 121 cm³/mol. The second-order valence-electron chi connectivity index (χ2n) is 7.86. The number of nitrogens with one attached hydrogen (secondary N) is 1. The summed E-state index contributed by atoms with van der Waals surface area (Å²) < 4.78 is 34.5. The summed E-state index contributed by atoms with van der Waals surface area (Å²) in [4.78, 5) is 14.8. The SMILES string of the molecule is CCOc1ccc(Br)cc1S(=O)(=O)Nc1ccc(C(=O)N2CC(C)CC(C)C2)cc1. The van der Waals surface area contributed by atoms with Gasteiger partial charge >= 0.3 is 0 Å². The van der Waals surface area contributed by atoms with E-state index in [9.17, 15) is 13.2 Å². The van der Waals surface area contributed by atoms with Gasteiger partial charge in [-0.25, -0.2) is 8.42 Å². The third-order valence-corrected chi connectivity index (χ3v) is 6.93. The maximum atomic E-state index is 12.9. The number of nitrogens with zero attached hydrogens (tertiary/aromatic N) is 1. The number of sulfonamides is 1. The molecule has 162 valence electrons. The first-order valence-corrected chi connectivity index (χ1v) is 12.3. The number of likely N-dealkylation sites (tertiary alicyclic amines) is 1. The van der Waals surface area contributed by atoms with Crippen molar-refractivity contribution in [2.75, 3.05) is 24.4 Å². The Kier molecular flexibility index (Phi) is 7.08. The minimum Gasteiger partial charge on any atom is -0.492 e. The number of halogens is 1. The van der Waals surface area contributed by atoms with Crippen LogP contribution >= 0.6 is 15.9 Å². The molecule has 6 nitrogen and oxygen atoms in total. The van der Waals surface area contributed by atoms with Crippen molar-refractivity contribution in [1.29, 1.82) is 0 Å². The smallest absolute Gasteiger partial charge is 0.265 e. The maximum absolute atomic E-state index is 12.9. The zero-order chi connectivity index (χ0) is 21.9. The molecule has 0 saturated carbocycles. The molecular formula is C22H27BrN2O4S. The summed E-state index contributed by atoms with van der Waals surface area (Å²) in [5.74, 6) is 1.23. The minimum atomic E-state index is -3.86. The highest BCUT2D eigenvalue weighted by atomic mass is 79.9. The number of hydrogen-bond acceptors (Lipinski definition) is 4. The summed E-state index contributed by atoms with van der Waals surface area (Å²) in [6, 6.07) is 11.4. The highest BCUT2D eigenvalue weighted by molar-refractivity contribution is 9.10. The summed E-state index contributed by atoms with van der Waals surface area (Å²) in [6.07, 6.45) is 1.13. The number of piperidine rings is 1. The van der Waals surface area contributed by atoms with Crippen LogP contribution in [0.4, 0.5) is 5.69 Å². The van der Waals surface area contributed by atoms with E-state index in [2.05, 4.69) is 34.5 Å². The fourth-order valence-electron chi connectivity index (χ4n) is 3.87. The normalized spacial score (nSPS) is 19.4. The molecule has 2 unspecified atom stereocenters. The highest BCUT2D eigenvalue weighted by Crippen LogP contribution is 2.29. The largest absolute Gasteiger partial charge is 0.492 e. The third kappa shape index (κ3) is 5.35. The number of amides is 1. The number of carbonyl (C=O) groups is 1. The summed E-state index contributed by atoms with van der Waals surface area (Å²) in [6.45, 7) is 7.97. The Morgan fingerprint density at radius 2 is 1.77 bits per heavy atom. The van der Waals surface area contributed by atoms with Crippen LogP contribution in [-0.4, -0.2) is 38.9 Å². The summed E-state index contributed by atoms with van der Waals surface area (Å²) >= 11 is 3.31. The van der Waals surface area contributed by atoms with Crippen LogP contribution in [0.25, 0.3) is 0 Å². The van der Waals surface area contributed by atoms with Crippen molar-refractivity contribution in [1.82, 2.24) is 4.90 Å². The fourth-order valence-corrected chi connectivity index (χ4v) is 5.61. The molecule has 0 bridgehead atoms. The molecule has 1 N–H and O–H groups in total. The summed E-state index contributed by atoms with van der Waals surface area (Å²) in [5.41, 5.74) is 0.936. The van der Waals surface area contributed by atoms with Gasteiger partial charge in [-0.05, 0) is 67.6 Å². The summed E-state index contributed by atoms with van der Waals surface area (Å²) in [7, 11) is -3.86. The molecule has 1 fully saturated rings. The maximum Gasteiger partial charge on any atom is 0.265 e. The van der Waals surface area contributed by atoms with Crippen LogP contribution in [0.15, 0.2) is 51.8 Å². The van der Waals surface area contributed by atoms with E-state index in [1.54, 1.807) is 43.3 Å². The van der Waals surface area contributed by atoms with Crippen LogP contribution in [0.5, 0.6) is 5.75 Å². The Balaban J connectivity index is 1.77. The van der Waals surface area contributed by atoms with Crippen LogP contribution in [0.1, 0.15) is 37.6 Å². The molecule has 1 amide bonds. The quantitative estimate of drug-likeness (QED) is 0.627. The molecule has 1 aliphatic rings. The minimum absolute atomic E-state index is 0.0200. The molecule has 8 heteroatoms.